The van der Waals surface area contributed by atoms with Crippen molar-refractivity contribution in [2.45, 2.75) is 109 Å². The fraction of sp³-hybridized carbons (Fsp3) is 0.844. The lowest BCUT2D eigenvalue weighted by Gasteiger charge is -2.46. The van der Waals surface area contributed by atoms with Crippen LogP contribution in [0.25, 0.3) is 0 Å². The monoisotopic (exact) mass is 622 g/mol. The molecule has 43 heavy (non-hydrogen) atoms. The normalized spacial score (nSPS) is 33.6. The number of carbonyl (C=O) groups is 3. The fourth-order valence-corrected chi connectivity index (χ4v) is 9.38. The summed E-state index contributed by atoms with van der Waals surface area (Å²) in [6.07, 6.45) is 8.53. The first-order valence-electron chi connectivity index (χ1n) is 16.5. The van der Waals surface area contributed by atoms with Crippen LogP contribution in [-0.4, -0.2) is 107 Å². The van der Waals surface area contributed by atoms with Crippen molar-refractivity contribution in [3.05, 3.63) is 10.6 Å². The van der Waals surface area contributed by atoms with E-state index >= 15 is 0 Å². The molecule has 244 valence electrons. The second-order valence-electron chi connectivity index (χ2n) is 13.1. The molecule has 0 unspecified atom stereocenters. The summed E-state index contributed by atoms with van der Waals surface area (Å²) in [5.74, 6) is -0.904. The van der Waals surface area contributed by atoms with E-state index in [-0.39, 0.29) is 35.5 Å². The molecule has 0 aromatic heterocycles. The third-order valence-electron chi connectivity index (χ3n) is 10.1. The van der Waals surface area contributed by atoms with Crippen molar-refractivity contribution in [3.8, 4) is 0 Å². The molecule has 0 aromatic carbocycles. The number of aliphatic hydroxyl groups excluding tert-OH is 1. The van der Waals surface area contributed by atoms with Crippen molar-refractivity contribution < 1.29 is 29.3 Å². The van der Waals surface area contributed by atoms with Crippen LogP contribution in [-0.2, 0) is 19.1 Å². The Morgan fingerprint density at radius 2 is 1.56 bits per heavy atom. The smallest absolute Gasteiger partial charge is 0.353 e. The predicted octanol–water partition coefficient (Wildman–Crippen LogP) is 3.05. The Labute approximate surface area is 261 Å². The number of esters is 1. The molecule has 10 nitrogen and oxygen atoms in total. The Morgan fingerprint density at radius 1 is 1.00 bits per heavy atom. The number of methoxy groups -OCH3 is 1. The van der Waals surface area contributed by atoms with Crippen LogP contribution in [0.3, 0.4) is 0 Å². The topological polar surface area (TPSA) is 131 Å². The molecule has 4 fully saturated rings. The summed E-state index contributed by atoms with van der Waals surface area (Å²) in [6, 6.07) is 1.09. The molecule has 5 rings (SSSR count). The van der Waals surface area contributed by atoms with Crippen LogP contribution >= 0.6 is 11.8 Å². The zero-order valence-corrected chi connectivity index (χ0v) is 27.5. The van der Waals surface area contributed by atoms with E-state index in [1.54, 1.807) is 18.7 Å². The minimum Gasteiger partial charge on any atom is -0.477 e. The molecule has 1 amide bonds. The lowest BCUT2D eigenvalue weighted by molar-refractivity contribution is -0.163. The van der Waals surface area contributed by atoms with Crippen molar-refractivity contribution >= 4 is 29.6 Å². The molecule has 2 aliphatic carbocycles. The average Bonchev–Trinajstić information content (AvgIpc) is 3.21. The molecule has 4 atom stereocenters. The summed E-state index contributed by atoms with van der Waals surface area (Å²) in [7, 11) is 1.47. The molecule has 4 N–H and O–H groups in total. The largest absolute Gasteiger partial charge is 0.477 e. The van der Waals surface area contributed by atoms with E-state index in [0.29, 0.717) is 17.3 Å². The number of amides is 1. The molecular weight excluding hydrogens is 568 g/mol. The Hall–Kier alpha value is -1.66. The number of ether oxygens (including phenoxy) is 1. The number of carboxylic acid groups (broad SMARTS) is 1. The van der Waals surface area contributed by atoms with Gasteiger partial charge < -0.3 is 35.4 Å². The van der Waals surface area contributed by atoms with Crippen molar-refractivity contribution in [1.82, 2.24) is 20.4 Å². The maximum Gasteiger partial charge on any atom is 0.353 e. The third-order valence-corrected chi connectivity index (χ3v) is 11.6. The summed E-state index contributed by atoms with van der Waals surface area (Å²) >= 11 is 1.65. The quantitative estimate of drug-likeness (QED) is 0.201. The van der Waals surface area contributed by atoms with Crippen molar-refractivity contribution in [2.24, 2.45) is 23.7 Å². The Bertz CT molecular complexity index is 1000. The van der Waals surface area contributed by atoms with E-state index in [1.807, 2.05) is 6.92 Å². The van der Waals surface area contributed by atoms with Gasteiger partial charge in [0.15, 0.2) is 0 Å². The number of hydrogen-bond donors (Lipinski definition) is 4. The van der Waals surface area contributed by atoms with Gasteiger partial charge in [0.05, 0.1) is 31.1 Å². The van der Waals surface area contributed by atoms with Crippen LogP contribution in [0, 0.1) is 23.7 Å². The highest BCUT2D eigenvalue weighted by Gasteiger charge is 2.60. The summed E-state index contributed by atoms with van der Waals surface area (Å²) in [5.41, 5.74) is 0.152. The number of aliphatic hydroxyl groups is 1. The Kier molecular flexibility index (Phi) is 12.4. The highest BCUT2D eigenvalue weighted by atomic mass is 32.2. The molecule has 0 aromatic rings. The second-order valence-corrected chi connectivity index (χ2v) is 14.5. The van der Waals surface area contributed by atoms with Crippen LogP contribution in [0.15, 0.2) is 10.6 Å². The highest BCUT2D eigenvalue weighted by molar-refractivity contribution is 8.03. The number of aliphatic carboxylic acids is 1. The average molecular weight is 623 g/mol. The van der Waals surface area contributed by atoms with Gasteiger partial charge in [-0.2, -0.15) is 0 Å². The van der Waals surface area contributed by atoms with Gasteiger partial charge >= 0.3 is 11.9 Å². The molecule has 0 radical (unpaired) electrons. The fourth-order valence-electron chi connectivity index (χ4n) is 7.80. The molecule has 0 bridgehead atoms. The summed E-state index contributed by atoms with van der Waals surface area (Å²) in [6.45, 7) is 13.1. The van der Waals surface area contributed by atoms with Crippen molar-refractivity contribution in [2.75, 3.05) is 39.8 Å². The molecule has 5 aliphatic rings. The van der Waals surface area contributed by atoms with E-state index in [1.165, 1.54) is 37.7 Å². The van der Waals surface area contributed by atoms with Gasteiger partial charge in [0.25, 0.3) is 0 Å². The van der Waals surface area contributed by atoms with Gasteiger partial charge in [-0.05, 0) is 77.3 Å². The summed E-state index contributed by atoms with van der Waals surface area (Å²) < 4.78 is 4.73. The highest BCUT2D eigenvalue weighted by Crippen LogP contribution is 2.52. The van der Waals surface area contributed by atoms with Crippen molar-refractivity contribution in [3.63, 3.8) is 0 Å². The minimum atomic E-state index is -1.03. The van der Waals surface area contributed by atoms with Crippen LogP contribution in [0.5, 0.6) is 0 Å². The van der Waals surface area contributed by atoms with E-state index in [2.05, 4.69) is 29.4 Å². The van der Waals surface area contributed by atoms with Gasteiger partial charge in [-0.15, -0.1) is 11.8 Å². The van der Waals surface area contributed by atoms with Crippen LogP contribution in [0.4, 0.5) is 0 Å². The zero-order chi connectivity index (χ0) is 31.3. The molecule has 0 spiro atoms. The predicted molar refractivity (Wildman–Crippen MR) is 168 cm³/mol. The number of nitrogens with zero attached hydrogens (tertiary/aromatic N) is 2. The first-order chi connectivity index (χ1) is 20.6. The maximum atomic E-state index is 12.4. The van der Waals surface area contributed by atoms with Gasteiger partial charge in [0, 0.05) is 47.8 Å². The Morgan fingerprint density at radius 3 is 2.05 bits per heavy atom. The zero-order valence-electron chi connectivity index (χ0n) is 26.7. The van der Waals surface area contributed by atoms with E-state index < -0.39 is 18.0 Å². The number of carbonyl (C=O) groups excluding carboxylic acids is 2. The minimum absolute atomic E-state index is 0.0325. The lowest BCUT2D eigenvalue weighted by atomic mass is 9.79. The number of likely N-dealkylation sites (tertiary alicyclic amines) is 1. The SMILES string of the molecule is CCNC1CCC(C(=O)OC)CC1.CCNC1CCC(CN2CC(SC3=C(C(=O)O)N4C(=O)[C@H]([C@@H](C)O)[C@H]4[C@H]3C)C2)CC1. The van der Waals surface area contributed by atoms with Gasteiger partial charge in [-0.25, -0.2) is 4.79 Å². The number of carboxylic acids is 1. The number of hydrogen-bond acceptors (Lipinski definition) is 9. The van der Waals surface area contributed by atoms with E-state index in [0.717, 1.165) is 69.2 Å². The first kappa shape index (κ1) is 34.2. The summed E-state index contributed by atoms with van der Waals surface area (Å²) in [5, 5.41) is 27.1. The standard InChI is InChI=1S/C22H35N3O4S.C10H19NO2/c1-4-23-15-7-5-14(6-8-15)9-24-10-16(11-24)30-20-12(2)18-17(13(3)26)21(27)25(18)19(20)22(28)29;1-3-11-9-6-4-8(5-7-9)10(12)13-2/h12-18,23,26H,4-11H2,1-3H3,(H,28,29);8-9,11H,3-7H2,1-2H3/t12-,13-,14?,15?,17-,18-;/m1./s1. The number of thioether (sulfide) groups is 1. The van der Waals surface area contributed by atoms with E-state index in [9.17, 15) is 24.6 Å². The van der Waals surface area contributed by atoms with Crippen molar-refractivity contribution in [1.29, 1.82) is 0 Å². The first-order valence-corrected chi connectivity index (χ1v) is 17.4. The van der Waals surface area contributed by atoms with E-state index in [4.69, 9.17) is 4.74 Å². The molecule has 2 saturated heterocycles. The number of β-lactam (4-membered cyclic amide) rings is 1. The van der Waals surface area contributed by atoms with Gasteiger partial charge in [0.1, 0.15) is 5.70 Å². The van der Waals surface area contributed by atoms with Gasteiger partial charge in [-0.3, -0.25) is 9.59 Å². The number of rotatable bonds is 11. The molecular formula is C32H54N4O6S. The second kappa shape index (κ2) is 15.6. The number of nitrogens with one attached hydrogen (secondary N) is 2. The Balaban J connectivity index is 0.000000273. The van der Waals surface area contributed by atoms with Gasteiger partial charge in [0.2, 0.25) is 5.91 Å². The molecule has 2 saturated carbocycles. The van der Waals surface area contributed by atoms with Gasteiger partial charge in [-0.1, -0.05) is 20.8 Å². The summed E-state index contributed by atoms with van der Waals surface area (Å²) in [4.78, 5) is 40.3. The molecule has 3 aliphatic heterocycles. The third kappa shape index (κ3) is 7.95. The molecule has 11 heteroatoms. The lowest BCUT2D eigenvalue weighted by Crippen LogP contribution is -2.63. The maximum absolute atomic E-state index is 12.4. The van der Waals surface area contributed by atoms with Crippen LogP contribution < -0.4 is 10.6 Å². The molecule has 3 heterocycles. The van der Waals surface area contributed by atoms with Crippen LogP contribution in [0.2, 0.25) is 0 Å². The number of fused-ring (bicyclic) bond motifs is 1. The van der Waals surface area contributed by atoms with Crippen LogP contribution in [0.1, 0.15) is 79.1 Å².